The molecule has 12 atom stereocenters. The van der Waals surface area contributed by atoms with E-state index < -0.39 is 86.8 Å². The summed E-state index contributed by atoms with van der Waals surface area (Å²) in [6.45, 7) is 2.64. The van der Waals surface area contributed by atoms with E-state index in [1.165, 1.54) is 89.9 Å². The molecule has 0 spiro atoms. The number of carbonyl (C=O) groups is 1. The summed E-state index contributed by atoms with van der Waals surface area (Å²) < 4.78 is 22.8. The van der Waals surface area contributed by atoms with E-state index in [-0.39, 0.29) is 18.9 Å². The molecule has 84 heavy (non-hydrogen) atoms. The molecular weight excluding hydrogens is 1060 g/mol. The van der Waals surface area contributed by atoms with E-state index in [2.05, 4.69) is 129 Å². The molecule has 0 aromatic heterocycles. The van der Waals surface area contributed by atoms with Crippen LogP contribution in [0, 0.1) is 0 Å². The second-order valence-electron chi connectivity index (χ2n) is 22.5. The lowest BCUT2D eigenvalue weighted by Crippen LogP contribution is -2.65. The summed E-state index contributed by atoms with van der Waals surface area (Å²) in [5, 5.41) is 87.2. The number of aliphatic hydroxyl groups is 8. The maximum atomic E-state index is 13.3. The molecule has 0 bridgehead atoms. The summed E-state index contributed by atoms with van der Waals surface area (Å²) in [7, 11) is 0. The minimum absolute atomic E-state index is 0.258. The molecule has 0 radical (unpaired) electrons. The zero-order valence-electron chi connectivity index (χ0n) is 51.8. The van der Waals surface area contributed by atoms with Crippen LogP contribution in [0.1, 0.15) is 219 Å². The first-order valence-electron chi connectivity index (χ1n) is 32.8. The molecule has 0 saturated carbocycles. The molecule has 480 valence electrons. The maximum absolute atomic E-state index is 13.3. The van der Waals surface area contributed by atoms with Crippen molar-refractivity contribution < 1.29 is 64.6 Å². The van der Waals surface area contributed by atoms with E-state index in [1.807, 2.05) is 6.08 Å². The Morgan fingerprint density at radius 1 is 0.440 bits per heavy atom. The summed E-state index contributed by atoms with van der Waals surface area (Å²) in [5.41, 5.74) is 0. The minimum Gasteiger partial charge on any atom is -0.394 e. The number of hydrogen-bond donors (Lipinski definition) is 9. The Hall–Kier alpha value is -3.61. The third-order valence-electron chi connectivity index (χ3n) is 15.1. The van der Waals surface area contributed by atoms with Crippen LogP contribution < -0.4 is 5.32 Å². The molecule has 1 amide bonds. The van der Waals surface area contributed by atoms with Crippen LogP contribution in [0.2, 0.25) is 0 Å². The quantitative estimate of drug-likeness (QED) is 0.0204. The summed E-state index contributed by atoms with van der Waals surface area (Å²) in [4.78, 5) is 13.3. The third-order valence-corrected chi connectivity index (χ3v) is 15.1. The molecule has 0 aromatic rings. The third kappa shape index (κ3) is 37.8. The molecule has 2 fully saturated rings. The van der Waals surface area contributed by atoms with Crippen molar-refractivity contribution >= 4 is 5.91 Å². The van der Waals surface area contributed by atoms with Crippen LogP contribution in [0.4, 0.5) is 0 Å². The number of hydrogen-bond acceptors (Lipinski definition) is 13. The van der Waals surface area contributed by atoms with Gasteiger partial charge in [0, 0.05) is 6.42 Å². The first-order valence-corrected chi connectivity index (χ1v) is 32.8. The van der Waals surface area contributed by atoms with Crippen molar-refractivity contribution in [2.75, 3.05) is 19.8 Å². The predicted octanol–water partition coefficient (Wildman–Crippen LogP) is 12.6. The number of carbonyl (C=O) groups excluding carboxylic acids is 1. The Morgan fingerprint density at radius 2 is 0.833 bits per heavy atom. The zero-order chi connectivity index (χ0) is 60.9. The van der Waals surface area contributed by atoms with Crippen molar-refractivity contribution in [1.29, 1.82) is 0 Å². The second kappa shape index (κ2) is 53.6. The van der Waals surface area contributed by atoms with Gasteiger partial charge in [0.2, 0.25) is 5.91 Å². The molecule has 2 heterocycles. The van der Waals surface area contributed by atoms with Crippen LogP contribution in [-0.2, 0) is 23.7 Å². The first-order chi connectivity index (χ1) is 41.1. The van der Waals surface area contributed by atoms with Gasteiger partial charge in [0.15, 0.2) is 12.6 Å². The molecule has 9 N–H and O–H groups in total. The number of amides is 1. The van der Waals surface area contributed by atoms with Gasteiger partial charge in [-0.3, -0.25) is 4.79 Å². The predicted molar refractivity (Wildman–Crippen MR) is 341 cm³/mol. The van der Waals surface area contributed by atoms with E-state index >= 15 is 0 Å². The average molecular weight is 1180 g/mol. The fraction of sp³-hybridized carbons (Fsp3) is 0.700. The highest BCUT2D eigenvalue weighted by molar-refractivity contribution is 5.76. The van der Waals surface area contributed by atoms with Crippen LogP contribution in [0.5, 0.6) is 0 Å². The lowest BCUT2D eigenvalue weighted by atomic mass is 9.97. The summed E-state index contributed by atoms with van der Waals surface area (Å²) >= 11 is 0. The van der Waals surface area contributed by atoms with E-state index in [1.54, 1.807) is 6.08 Å². The molecule has 2 aliphatic heterocycles. The van der Waals surface area contributed by atoms with Crippen molar-refractivity contribution in [3.63, 3.8) is 0 Å². The van der Waals surface area contributed by atoms with Gasteiger partial charge < -0.3 is 65.1 Å². The normalized spacial score (nSPS) is 24.5. The zero-order valence-corrected chi connectivity index (χ0v) is 51.8. The number of ether oxygens (including phenoxy) is 4. The van der Waals surface area contributed by atoms with Crippen molar-refractivity contribution in [2.45, 2.75) is 293 Å². The molecule has 14 heteroatoms. The Labute approximate surface area is 508 Å². The smallest absolute Gasteiger partial charge is 0.220 e. The molecule has 2 rings (SSSR count). The van der Waals surface area contributed by atoms with Gasteiger partial charge in [-0.15, -0.1) is 0 Å². The number of unbranched alkanes of at least 4 members (excludes halogenated alkanes) is 20. The number of rotatable bonds is 51. The van der Waals surface area contributed by atoms with Gasteiger partial charge in [-0.05, 0) is 103 Å². The van der Waals surface area contributed by atoms with E-state index in [4.69, 9.17) is 18.9 Å². The van der Waals surface area contributed by atoms with Gasteiger partial charge >= 0.3 is 0 Å². The Morgan fingerprint density at radius 3 is 1.31 bits per heavy atom. The van der Waals surface area contributed by atoms with Crippen molar-refractivity contribution in [1.82, 2.24) is 5.32 Å². The van der Waals surface area contributed by atoms with Crippen molar-refractivity contribution in [3.05, 3.63) is 122 Å². The van der Waals surface area contributed by atoms with Gasteiger partial charge in [-0.2, -0.15) is 0 Å². The number of allylic oxidation sites excluding steroid dienone is 19. The molecule has 0 aromatic carbocycles. The highest BCUT2D eigenvalue weighted by Gasteiger charge is 2.51. The van der Waals surface area contributed by atoms with Gasteiger partial charge in [0.1, 0.15) is 48.8 Å². The van der Waals surface area contributed by atoms with Gasteiger partial charge in [-0.1, -0.05) is 232 Å². The molecule has 2 aliphatic rings. The lowest BCUT2D eigenvalue weighted by molar-refractivity contribution is -0.359. The van der Waals surface area contributed by atoms with Crippen molar-refractivity contribution in [2.24, 2.45) is 0 Å². The van der Waals surface area contributed by atoms with Crippen LogP contribution in [0.15, 0.2) is 122 Å². The lowest BCUT2D eigenvalue weighted by Gasteiger charge is -2.46. The fourth-order valence-corrected chi connectivity index (χ4v) is 9.89. The van der Waals surface area contributed by atoms with E-state index in [0.29, 0.717) is 12.8 Å². The molecule has 0 aliphatic carbocycles. The Balaban J connectivity index is 1.70. The Kier molecular flexibility index (Phi) is 48.8. The Bertz CT molecular complexity index is 1870. The minimum atomic E-state index is -1.80. The molecule has 12 unspecified atom stereocenters. The summed E-state index contributed by atoms with van der Waals surface area (Å²) in [5.74, 6) is -0.262. The SMILES string of the molecule is CC/C=C\C/C=C\C/C=C\C/C=C\C/C=C\C/C=C\C/C=C\CCCCCCCCCCCCCC(=O)NC(COC1OC(CO)C(OC2OC(CO)C(O)C(O)C2O)C(O)C1O)C(O)/C=C/CC/C=C/CC/C=C/CCCCCCCCC. The standard InChI is InChI=1S/C70H117NO13/c1-3-5-7-9-11-13-15-17-19-21-22-23-24-25-26-27-28-29-30-31-32-33-34-35-36-38-40-42-44-46-48-50-52-54-62(75)71-58(59(74)53-51-49-47-45-43-41-39-37-20-18-16-14-12-10-8-6-4-2)57-81-69-67(80)65(78)68(61(56-73)83-69)84-70-66(79)64(77)63(76)60(55-72)82-70/h5,7,11,13,17,19-20,22-23,25-26,28-29,31-32,37,43,45,51,53,58-61,63-70,72-74,76-80H,3-4,6,8-10,12,14-16,18,21,24,27,30,33-36,38-42,44,46-50,52,54-57H2,1-2H3,(H,71,75)/b7-5-,13-11-,19-17-,23-22-,26-25-,29-28-,32-31-,37-20+,45-43+,53-51+. The van der Waals surface area contributed by atoms with Crippen LogP contribution in [-0.4, -0.2) is 140 Å². The molecule has 14 nitrogen and oxygen atoms in total. The maximum Gasteiger partial charge on any atom is 0.220 e. The topological polar surface area (TPSA) is 228 Å². The fourth-order valence-electron chi connectivity index (χ4n) is 9.89. The van der Waals surface area contributed by atoms with Gasteiger partial charge in [0.05, 0.1) is 32.0 Å². The molecular formula is C70H117NO13. The van der Waals surface area contributed by atoms with E-state index in [0.717, 1.165) is 96.3 Å². The largest absolute Gasteiger partial charge is 0.394 e. The van der Waals surface area contributed by atoms with Gasteiger partial charge in [-0.25, -0.2) is 0 Å². The highest BCUT2D eigenvalue weighted by Crippen LogP contribution is 2.30. The van der Waals surface area contributed by atoms with Crippen LogP contribution >= 0.6 is 0 Å². The average Bonchev–Trinajstić information content (AvgIpc) is 3.17. The van der Waals surface area contributed by atoms with Crippen LogP contribution in [0.25, 0.3) is 0 Å². The van der Waals surface area contributed by atoms with Crippen molar-refractivity contribution in [3.8, 4) is 0 Å². The molecule has 2 saturated heterocycles. The summed E-state index contributed by atoms with van der Waals surface area (Å²) in [6.07, 6.45) is 61.0. The number of aliphatic hydroxyl groups excluding tert-OH is 8. The van der Waals surface area contributed by atoms with E-state index in [9.17, 15) is 45.6 Å². The first kappa shape index (κ1) is 76.5. The van der Waals surface area contributed by atoms with Gasteiger partial charge in [0.25, 0.3) is 0 Å². The summed E-state index contributed by atoms with van der Waals surface area (Å²) in [6, 6.07) is -0.948. The highest BCUT2D eigenvalue weighted by atomic mass is 16.7. The number of nitrogens with one attached hydrogen (secondary N) is 1. The van der Waals surface area contributed by atoms with Crippen LogP contribution in [0.3, 0.4) is 0 Å². The second-order valence-corrected chi connectivity index (χ2v) is 22.5. The monoisotopic (exact) mass is 1180 g/mol.